The Morgan fingerprint density at radius 1 is 0.500 bits per heavy atom. The first-order chi connectivity index (χ1) is 0. The molecule has 6 heteroatoms. The molecule has 0 atom stereocenters. The summed E-state index contributed by atoms with van der Waals surface area (Å²) in [6, 6.07) is 0. The molecule has 0 unspecified atom stereocenters. The van der Waals surface area contributed by atoms with E-state index in [9.17, 15) is 0 Å². The van der Waals surface area contributed by atoms with Gasteiger partial charge in [0.05, 0.1) is 0 Å². The van der Waals surface area contributed by atoms with E-state index in [1.54, 1.807) is 0 Å². The summed E-state index contributed by atoms with van der Waals surface area (Å²) in [5.41, 5.74) is 0. The van der Waals surface area contributed by atoms with Crippen molar-refractivity contribution < 1.29 is 19.5 Å². The predicted molar refractivity (Wildman–Crippen MR) is 27.3 cm³/mol. The molecule has 4 nitrogen and oxygen atoms in total. The van der Waals surface area contributed by atoms with E-state index in [1.165, 1.54) is 0 Å². The summed E-state index contributed by atoms with van der Waals surface area (Å²) in [5.74, 6) is 0. The summed E-state index contributed by atoms with van der Waals surface area (Å²) in [6.45, 7) is 0. The predicted octanol–water partition coefficient (Wildman–Crippen LogP) is 1.07. The largest absolute Gasteiger partial charge is 0.344 e. The molecule has 0 aromatic carbocycles. The number of halogens is 1. The first kappa shape index (κ1) is 394. The number of hydrogen-bond donors (Lipinski definition) is 4. The summed E-state index contributed by atoms with van der Waals surface area (Å²) in [6.07, 6.45) is 0. The molecule has 12 N–H and O–H groups in total. The molecule has 6 heavy (non-hydrogen) atoms. The minimum Gasteiger partial charge on any atom is -0.344 e. The quantitative estimate of drug-likeness (QED) is 0.403. The minimum atomic E-state index is 0. The molecular weight excluding hydrogens is 157 g/mol. The van der Waals surface area contributed by atoms with Crippen LogP contribution in [-0.4, -0.2) is 0 Å². The molecule has 0 aromatic heterocycles. The molecular formula is H13ClN4Zn. The van der Waals surface area contributed by atoms with Gasteiger partial charge in [-0.05, 0) is 0 Å². The van der Waals surface area contributed by atoms with Crippen LogP contribution in [0.5, 0.6) is 0 Å². The molecule has 0 rings (SSSR count). The summed E-state index contributed by atoms with van der Waals surface area (Å²) in [5, 5.41) is 0. The van der Waals surface area contributed by atoms with E-state index in [1.807, 2.05) is 0 Å². The van der Waals surface area contributed by atoms with E-state index in [0.29, 0.717) is 0 Å². The van der Waals surface area contributed by atoms with Crippen molar-refractivity contribution in [2.45, 2.75) is 0 Å². The molecule has 0 spiro atoms. The monoisotopic (exact) mass is 168 g/mol. The fourth-order valence-corrected chi connectivity index (χ4v) is 0. The Bertz CT molecular complexity index is 7.51. The van der Waals surface area contributed by atoms with Gasteiger partial charge < -0.3 is 24.6 Å². The summed E-state index contributed by atoms with van der Waals surface area (Å²) >= 11 is 0. The van der Waals surface area contributed by atoms with E-state index in [-0.39, 0.29) is 56.5 Å². The van der Waals surface area contributed by atoms with Crippen LogP contribution in [0, 0.1) is 0 Å². The topological polar surface area (TPSA) is 140 Å². The maximum atomic E-state index is 0. The molecule has 0 fully saturated rings. The van der Waals surface area contributed by atoms with Crippen molar-refractivity contribution in [1.29, 1.82) is 0 Å². The molecule has 0 amide bonds. The fraction of sp³-hybridized carbons (Fsp3) is 0. The van der Waals surface area contributed by atoms with Crippen LogP contribution in [-0.2, 0) is 19.5 Å². The molecule has 42 valence electrons. The van der Waals surface area contributed by atoms with Crippen LogP contribution in [0.2, 0.25) is 0 Å². The standard InChI is InChI=1S/ClH.4H3N.Zn/h1H;4*1H3;. The van der Waals surface area contributed by atoms with Gasteiger partial charge in [-0.1, -0.05) is 0 Å². The Morgan fingerprint density at radius 3 is 0.500 bits per heavy atom. The second kappa shape index (κ2) is 229. The second-order valence-corrected chi connectivity index (χ2v) is 0. The molecule has 0 aliphatic carbocycles. The summed E-state index contributed by atoms with van der Waals surface area (Å²) in [7, 11) is 0. The van der Waals surface area contributed by atoms with Crippen LogP contribution in [0.15, 0.2) is 0 Å². The third-order valence-electron chi connectivity index (χ3n) is 0. The van der Waals surface area contributed by atoms with E-state index < -0.39 is 0 Å². The molecule has 0 aliphatic heterocycles. The smallest absolute Gasteiger partial charge is 0 e. The zero-order valence-electron chi connectivity index (χ0n) is 3.94. The van der Waals surface area contributed by atoms with Crippen LogP contribution in [0.3, 0.4) is 0 Å². The number of hydrogen-bond acceptors (Lipinski definition) is 4. The van der Waals surface area contributed by atoms with Crippen LogP contribution in [0.25, 0.3) is 0 Å². The Hall–Kier alpha value is 0.753. The SMILES string of the molecule is Cl.N.N.N.N.[Zn]. The van der Waals surface area contributed by atoms with Crippen molar-refractivity contribution in [3.63, 3.8) is 0 Å². The van der Waals surface area contributed by atoms with Gasteiger partial charge in [0.25, 0.3) is 0 Å². The van der Waals surface area contributed by atoms with Crippen molar-refractivity contribution in [1.82, 2.24) is 24.6 Å². The van der Waals surface area contributed by atoms with Gasteiger partial charge in [-0.15, -0.1) is 12.4 Å². The normalized spacial score (nSPS) is 0. The maximum Gasteiger partial charge on any atom is 0 e. The Morgan fingerprint density at radius 2 is 0.500 bits per heavy atom. The zero-order valence-corrected chi connectivity index (χ0v) is 7.73. The molecule has 0 aliphatic rings. The Labute approximate surface area is 56.9 Å². The van der Waals surface area contributed by atoms with Crippen molar-refractivity contribution in [3.05, 3.63) is 0 Å². The van der Waals surface area contributed by atoms with E-state index >= 15 is 0 Å². The summed E-state index contributed by atoms with van der Waals surface area (Å²) < 4.78 is 0. The molecule has 0 heterocycles. The van der Waals surface area contributed by atoms with Crippen LogP contribution < -0.4 is 24.6 Å². The van der Waals surface area contributed by atoms with Crippen molar-refractivity contribution >= 4 is 12.4 Å². The van der Waals surface area contributed by atoms with Crippen molar-refractivity contribution in [3.8, 4) is 0 Å². The van der Waals surface area contributed by atoms with Gasteiger partial charge in [0.15, 0.2) is 0 Å². The molecule has 0 saturated heterocycles. The van der Waals surface area contributed by atoms with E-state index in [4.69, 9.17) is 0 Å². The maximum absolute atomic E-state index is 0. The Kier molecular flexibility index (Phi) is 15000. The minimum absolute atomic E-state index is 0. The molecule has 0 saturated carbocycles. The van der Waals surface area contributed by atoms with Crippen molar-refractivity contribution in [2.75, 3.05) is 0 Å². The molecule has 0 bridgehead atoms. The van der Waals surface area contributed by atoms with Crippen LogP contribution in [0.4, 0.5) is 0 Å². The molecule has 0 radical (unpaired) electrons. The van der Waals surface area contributed by atoms with Gasteiger partial charge in [0.1, 0.15) is 0 Å². The van der Waals surface area contributed by atoms with Gasteiger partial charge in [-0.3, -0.25) is 0 Å². The van der Waals surface area contributed by atoms with Crippen molar-refractivity contribution in [2.24, 2.45) is 0 Å². The first-order valence-electron chi connectivity index (χ1n) is 0. The third kappa shape index (κ3) is 118. The average molecular weight is 170 g/mol. The van der Waals surface area contributed by atoms with Gasteiger partial charge >= 0.3 is 0 Å². The fourth-order valence-electron chi connectivity index (χ4n) is 0. The Balaban J connectivity index is 0. The third-order valence-corrected chi connectivity index (χ3v) is 0. The van der Waals surface area contributed by atoms with E-state index in [2.05, 4.69) is 0 Å². The van der Waals surface area contributed by atoms with Crippen LogP contribution in [0.1, 0.15) is 0 Å². The van der Waals surface area contributed by atoms with Gasteiger partial charge in [0.2, 0.25) is 0 Å². The first-order valence-corrected chi connectivity index (χ1v) is 0. The van der Waals surface area contributed by atoms with Gasteiger partial charge in [-0.2, -0.15) is 0 Å². The zero-order chi connectivity index (χ0) is 0. The second-order valence-electron chi connectivity index (χ2n) is 0. The van der Waals surface area contributed by atoms with Gasteiger partial charge in [-0.25, -0.2) is 0 Å². The van der Waals surface area contributed by atoms with Gasteiger partial charge in [0, 0.05) is 19.5 Å². The van der Waals surface area contributed by atoms with E-state index in [0.717, 1.165) is 0 Å². The molecule has 0 aromatic rings. The average Bonchev–Trinajstić information content (AvgIpc) is 0. The van der Waals surface area contributed by atoms with Crippen LogP contribution >= 0.6 is 12.4 Å². The number of rotatable bonds is 0. The summed E-state index contributed by atoms with van der Waals surface area (Å²) in [4.78, 5) is 0.